The Morgan fingerprint density at radius 3 is 2.71 bits per heavy atom. The number of carbonyl (C=O) groups is 1. The summed E-state index contributed by atoms with van der Waals surface area (Å²) in [4.78, 5) is 18.7. The molecule has 3 rings (SSSR count). The van der Waals surface area contributed by atoms with Gasteiger partial charge in [-0.1, -0.05) is 0 Å². The largest absolute Gasteiger partial charge is 0.397 e. The summed E-state index contributed by atoms with van der Waals surface area (Å²) >= 11 is 0. The van der Waals surface area contributed by atoms with E-state index < -0.39 is 0 Å². The fourth-order valence-electron chi connectivity index (χ4n) is 3.72. The molecular formula is C16H24N4O. The van der Waals surface area contributed by atoms with E-state index in [0.717, 1.165) is 24.3 Å². The van der Waals surface area contributed by atoms with Gasteiger partial charge in [0, 0.05) is 24.3 Å². The van der Waals surface area contributed by atoms with Gasteiger partial charge in [-0.2, -0.15) is 0 Å². The van der Waals surface area contributed by atoms with Crippen LogP contribution >= 0.6 is 0 Å². The van der Waals surface area contributed by atoms with Crippen LogP contribution < -0.4 is 11.1 Å². The van der Waals surface area contributed by atoms with Crippen molar-refractivity contribution < 1.29 is 4.79 Å². The number of rotatable bonds is 4. The third-order valence-corrected chi connectivity index (χ3v) is 4.97. The molecule has 0 spiro atoms. The molecule has 114 valence electrons. The summed E-state index contributed by atoms with van der Waals surface area (Å²) in [6.07, 6.45) is 7.00. The minimum atomic E-state index is 0.0542. The molecule has 2 aliphatic rings. The van der Waals surface area contributed by atoms with Crippen molar-refractivity contribution >= 4 is 11.6 Å². The fraction of sp³-hybridized carbons (Fsp3) is 0.625. The minimum absolute atomic E-state index is 0.0542. The summed E-state index contributed by atoms with van der Waals surface area (Å²) < 4.78 is 0. The van der Waals surface area contributed by atoms with Gasteiger partial charge in [0.2, 0.25) is 5.91 Å². The first-order valence-corrected chi connectivity index (χ1v) is 7.81. The van der Waals surface area contributed by atoms with Gasteiger partial charge in [0.1, 0.15) is 0 Å². The molecule has 21 heavy (non-hydrogen) atoms. The third-order valence-electron chi connectivity index (χ3n) is 4.97. The molecule has 2 saturated heterocycles. The van der Waals surface area contributed by atoms with Gasteiger partial charge in [0.15, 0.2) is 0 Å². The van der Waals surface area contributed by atoms with E-state index in [2.05, 4.69) is 22.2 Å². The van der Waals surface area contributed by atoms with Crippen LogP contribution in [0.1, 0.15) is 31.4 Å². The Morgan fingerprint density at radius 2 is 2.10 bits per heavy atom. The zero-order valence-electron chi connectivity index (χ0n) is 12.6. The maximum atomic E-state index is 12.0. The zero-order valence-corrected chi connectivity index (χ0v) is 12.6. The standard InChI is InChI=1S/C16H24N4O/c1-20-14-4-5-15(20)7-11(6-14)9-19-16(21)8-13-3-2-12(17)10-18-13/h2-3,10-11,14-15H,4-9,17H2,1H3,(H,19,21). The van der Waals surface area contributed by atoms with Crippen molar-refractivity contribution in [3.05, 3.63) is 24.0 Å². The zero-order chi connectivity index (χ0) is 14.8. The second kappa shape index (κ2) is 6.02. The van der Waals surface area contributed by atoms with Crippen LogP contribution in [-0.2, 0) is 11.2 Å². The third kappa shape index (κ3) is 3.35. The molecule has 5 nitrogen and oxygen atoms in total. The van der Waals surface area contributed by atoms with E-state index in [1.165, 1.54) is 25.7 Å². The number of fused-ring (bicyclic) bond motifs is 2. The molecular weight excluding hydrogens is 264 g/mol. The molecule has 5 heteroatoms. The molecule has 0 aliphatic carbocycles. The molecule has 1 aromatic heterocycles. The number of nitrogen functional groups attached to an aromatic ring is 1. The summed E-state index contributed by atoms with van der Waals surface area (Å²) in [5.41, 5.74) is 6.98. The number of hydrogen-bond donors (Lipinski definition) is 2. The van der Waals surface area contributed by atoms with E-state index in [1.54, 1.807) is 12.3 Å². The predicted molar refractivity (Wildman–Crippen MR) is 82.7 cm³/mol. The first kappa shape index (κ1) is 14.3. The van der Waals surface area contributed by atoms with Crippen molar-refractivity contribution in [2.24, 2.45) is 5.92 Å². The number of amides is 1. The van der Waals surface area contributed by atoms with Gasteiger partial charge in [-0.25, -0.2) is 0 Å². The van der Waals surface area contributed by atoms with Crippen LogP contribution in [0.5, 0.6) is 0 Å². The van der Waals surface area contributed by atoms with Crippen molar-refractivity contribution in [3.8, 4) is 0 Å². The van der Waals surface area contributed by atoms with Gasteiger partial charge in [-0.15, -0.1) is 0 Å². The maximum absolute atomic E-state index is 12.0. The molecule has 2 unspecified atom stereocenters. The average molecular weight is 288 g/mol. The molecule has 3 N–H and O–H groups in total. The molecule has 1 aromatic rings. The van der Waals surface area contributed by atoms with Gasteiger partial charge in [-0.05, 0) is 50.8 Å². The van der Waals surface area contributed by atoms with Crippen molar-refractivity contribution in [2.75, 3.05) is 19.3 Å². The Kier molecular flexibility index (Phi) is 4.10. The number of pyridine rings is 1. The Bertz CT molecular complexity index is 488. The van der Waals surface area contributed by atoms with Gasteiger partial charge in [0.25, 0.3) is 0 Å². The SMILES string of the molecule is CN1C2CCC1CC(CNC(=O)Cc1ccc(N)cn1)C2. The van der Waals surface area contributed by atoms with Gasteiger partial charge in [-0.3, -0.25) is 9.78 Å². The molecule has 2 atom stereocenters. The Morgan fingerprint density at radius 1 is 1.38 bits per heavy atom. The lowest BCUT2D eigenvalue weighted by Crippen LogP contribution is -2.43. The highest BCUT2D eigenvalue weighted by molar-refractivity contribution is 5.78. The predicted octanol–water partition coefficient (Wildman–Crippen LogP) is 1.20. The molecule has 0 saturated carbocycles. The number of anilines is 1. The van der Waals surface area contributed by atoms with Crippen LogP contribution in [0.4, 0.5) is 5.69 Å². The van der Waals surface area contributed by atoms with Crippen molar-refractivity contribution in [1.29, 1.82) is 0 Å². The normalized spacial score (nSPS) is 28.5. The molecule has 2 aliphatic heterocycles. The Hall–Kier alpha value is -1.62. The molecule has 0 aromatic carbocycles. The molecule has 3 heterocycles. The highest BCUT2D eigenvalue weighted by Gasteiger charge is 2.38. The van der Waals surface area contributed by atoms with E-state index in [0.29, 0.717) is 18.0 Å². The Balaban J connectivity index is 1.45. The summed E-state index contributed by atoms with van der Waals surface area (Å²) in [5, 5.41) is 3.07. The summed E-state index contributed by atoms with van der Waals surface area (Å²) in [7, 11) is 2.24. The van der Waals surface area contributed by atoms with E-state index in [4.69, 9.17) is 5.73 Å². The number of nitrogens with one attached hydrogen (secondary N) is 1. The van der Waals surface area contributed by atoms with Crippen LogP contribution in [0.15, 0.2) is 18.3 Å². The van der Waals surface area contributed by atoms with Gasteiger partial charge >= 0.3 is 0 Å². The number of carbonyl (C=O) groups excluding carboxylic acids is 1. The van der Waals surface area contributed by atoms with Crippen molar-refractivity contribution in [3.63, 3.8) is 0 Å². The first-order chi connectivity index (χ1) is 10.1. The number of nitrogens with zero attached hydrogens (tertiary/aromatic N) is 2. The van der Waals surface area contributed by atoms with Crippen LogP contribution in [0.3, 0.4) is 0 Å². The van der Waals surface area contributed by atoms with E-state index in [9.17, 15) is 4.79 Å². The lowest BCUT2D eigenvalue weighted by Gasteiger charge is -2.36. The van der Waals surface area contributed by atoms with E-state index in [-0.39, 0.29) is 5.91 Å². The highest BCUT2D eigenvalue weighted by Crippen LogP contribution is 2.36. The lowest BCUT2D eigenvalue weighted by molar-refractivity contribution is -0.120. The van der Waals surface area contributed by atoms with Crippen LogP contribution in [0, 0.1) is 5.92 Å². The number of nitrogens with two attached hydrogens (primary N) is 1. The second-order valence-corrected chi connectivity index (χ2v) is 6.45. The summed E-state index contributed by atoms with van der Waals surface area (Å²) in [6, 6.07) is 5.04. The highest BCUT2D eigenvalue weighted by atomic mass is 16.1. The monoisotopic (exact) mass is 288 g/mol. The van der Waals surface area contributed by atoms with Crippen LogP contribution in [-0.4, -0.2) is 41.5 Å². The first-order valence-electron chi connectivity index (χ1n) is 7.81. The van der Waals surface area contributed by atoms with Crippen molar-refractivity contribution in [2.45, 2.75) is 44.2 Å². The summed E-state index contributed by atoms with van der Waals surface area (Å²) in [5.74, 6) is 0.681. The fourth-order valence-corrected chi connectivity index (χ4v) is 3.72. The Labute approximate surface area is 125 Å². The molecule has 0 radical (unpaired) electrons. The smallest absolute Gasteiger partial charge is 0.226 e. The van der Waals surface area contributed by atoms with Gasteiger partial charge < -0.3 is 16.0 Å². The molecule has 2 fully saturated rings. The number of piperidine rings is 1. The molecule has 1 amide bonds. The minimum Gasteiger partial charge on any atom is -0.397 e. The average Bonchev–Trinajstić information content (AvgIpc) is 2.70. The topological polar surface area (TPSA) is 71.2 Å². The van der Waals surface area contributed by atoms with E-state index >= 15 is 0 Å². The second-order valence-electron chi connectivity index (χ2n) is 6.45. The van der Waals surface area contributed by atoms with Crippen LogP contribution in [0.2, 0.25) is 0 Å². The number of aromatic nitrogens is 1. The van der Waals surface area contributed by atoms with E-state index in [1.807, 2.05) is 6.07 Å². The van der Waals surface area contributed by atoms with Crippen LogP contribution in [0.25, 0.3) is 0 Å². The number of hydrogen-bond acceptors (Lipinski definition) is 4. The van der Waals surface area contributed by atoms with Crippen molar-refractivity contribution in [1.82, 2.24) is 15.2 Å². The quantitative estimate of drug-likeness (QED) is 0.873. The summed E-state index contributed by atoms with van der Waals surface area (Å²) in [6.45, 7) is 0.800. The lowest BCUT2D eigenvalue weighted by atomic mass is 9.91. The van der Waals surface area contributed by atoms with Gasteiger partial charge in [0.05, 0.1) is 18.3 Å². The maximum Gasteiger partial charge on any atom is 0.226 e. The molecule has 2 bridgehead atoms.